The van der Waals surface area contributed by atoms with Crippen molar-refractivity contribution in [2.45, 2.75) is 27.3 Å². The van der Waals surface area contributed by atoms with Crippen molar-refractivity contribution >= 4 is 5.97 Å². The fraction of sp³-hybridized carbons (Fsp3) is 0.500. The van der Waals surface area contributed by atoms with Gasteiger partial charge in [-0.1, -0.05) is 10.4 Å². The van der Waals surface area contributed by atoms with Crippen molar-refractivity contribution in [3.8, 4) is 0 Å². The molecule has 2 aromatic rings. The van der Waals surface area contributed by atoms with E-state index in [4.69, 9.17) is 9.26 Å². The van der Waals surface area contributed by atoms with Crippen LogP contribution in [0.25, 0.3) is 0 Å². The van der Waals surface area contributed by atoms with E-state index in [1.54, 1.807) is 20.8 Å². The van der Waals surface area contributed by atoms with Crippen molar-refractivity contribution in [1.29, 1.82) is 0 Å². The Labute approximate surface area is 103 Å². The number of nitrogens with zero attached hydrogens (tertiary/aromatic N) is 5. The van der Waals surface area contributed by atoms with E-state index in [9.17, 15) is 4.79 Å². The Balaban J connectivity index is 2.18. The zero-order valence-electron chi connectivity index (χ0n) is 10.4. The van der Waals surface area contributed by atoms with Crippen LogP contribution in [0.3, 0.4) is 0 Å². The highest BCUT2D eigenvalue weighted by Crippen LogP contribution is 2.07. The average molecular weight is 251 g/mol. The smallest absolute Gasteiger partial charge is 0.360 e. The van der Waals surface area contributed by atoms with E-state index in [0.29, 0.717) is 30.6 Å². The number of hydrogen-bond donors (Lipinski definition) is 0. The van der Waals surface area contributed by atoms with Gasteiger partial charge in [0.05, 0.1) is 12.3 Å². The van der Waals surface area contributed by atoms with Crippen LogP contribution < -0.4 is 0 Å². The summed E-state index contributed by atoms with van der Waals surface area (Å²) in [6, 6.07) is 0. The third-order valence-electron chi connectivity index (χ3n) is 2.31. The Hall–Kier alpha value is -2.25. The standard InChI is InChI=1S/C10H13N5O3/c1-4-17-10(16)9-6(2)15(14-12-9)5-8-11-7(3)18-13-8/h4-5H2,1-3H3. The molecule has 2 heterocycles. The quantitative estimate of drug-likeness (QED) is 0.730. The second-order valence-corrected chi connectivity index (χ2v) is 3.63. The van der Waals surface area contributed by atoms with Gasteiger partial charge in [-0.25, -0.2) is 9.48 Å². The number of ether oxygens (including phenoxy) is 1. The molecule has 0 atom stereocenters. The highest BCUT2D eigenvalue weighted by Gasteiger charge is 2.18. The molecule has 0 spiro atoms. The Morgan fingerprint density at radius 1 is 1.44 bits per heavy atom. The number of rotatable bonds is 4. The Morgan fingerprint density at radius 3 is 2.83 bits per heavy atom. The van der Waals surface area contributed by atoms with Gasteiger partial charge in [0.1, 0.15) is 6.54 Å². The molecule has 18 heavy (non-hydrogen) atoms. The maximum atomic E-state index is 11.5. The molecule has 2 rings (SSSR count). The highest BCUT2D eigenvalue weighted by molar-refractivity contribution is 5.88. The number of aromatic nitrogens is 5. The second-order valence-electron chi connectivity index (χ2n) is 3.63. The van der Waals surface area contributed by atoms with Crippen LogP contribution in [-0.2, 0) is 11.3 Å². The van der Waals surface area contributed by atoms with Crippen molar-refractivity contribution < 1.29 is 14.1 Å². The zero-order chi connectivity index (χ0) is 13.1. The molecular weight excluding hydrogens is 238 g/mol. The van der Waals surface area contributed by atoms with E-state index in [-0.39, 0.29) is 5.69 Å². The number of esters is 1. The summed E-state index contributed by atoms with van der Waals surface area (Å²) in [6.07, 6.45) is 0. The minimum Gasteiger partial charge on any atom is -0.461 e. The number of carbonyl (C=O) groups is 1. The maximum absolute atomic E-state index is 11.5. The lowest BCUT2D eigenvalue weighted by Crippen LogP contribution is -2.09. The van der Waals surface area contributed by atoms with Gasteiger partial charge >= 0.3 is 5.97 Å². The number of aryl methyl sites for hydroxylation is 1. The van der Waals surface area contributed by atoms with Crippen LogP contribution in [0.2, 0.25) is 0 Å². The first-order chi connectivity index (χ1) is 8.61. The number of hydrogen-bond acceptors (Lipinski definition) is 7. The fourth-order valence-corrected chi connectivity index (χ4v) is 1.44. The summed E-state index contributed by atoms with van der Waals surface area (Å²) < 4.78 is 11.3. The van der Waals surface area contributed by atoms with Crippen molar-refractivity contribution in [2.24, 2.45) is 0 Å². The van der Waals surface area contributed by atoms with Crippen LogP contribution in [-0.4, -0.2) is 37.7 Å². The highest BCUT2D eigenvalue weighted by atomic mass is 16.5. The van der Waals surface area contributed by atoms with E-state index in [1.165, 1.54) is 4.68 Å². The zero-order valence-corrected chi connectivity index (χ0v) is 10.4. The van der Waals surface area contributed by atoms with Gasteiger partial charge in [0.15, 0.2) is 11.5 Å². The monoisotopic (exact) mass is 251 g/mol. The van der Waals surface area contributed by atoms with Crippen LogP contribution in [0.4, 0.5) is 0 Å². The van der Waals surface area contributed by atoms with Gasteiger partial charge in [-0.05, 0) is 13.8 Å². The lowest BCUT2D eigenvalue weighted by Gasteiger charge is -2.00. The molecule has 0 aliphatic rings. The molecule has 0 bridgehead atoms. The third kappa shape index (κ3) is 2.36. The fourth-order valence-electron chi connectivity index (χ4n) is 1.44. The molecule has 2 aromatic heterocycles. The molecule has 0 aliphatic heterocycles. The third-order valence-corrected chi connectivity index (χ3v) is 2.31. The van der Waals surface area contributed by atoms with E-state index in [2.05, 4.69) is 20.5 Å². The van der Waals surface area contributed by atoms with E-state index in [1.807, 2.05) is 0 Å². The summed E-state index contributed by atoms with van der Waals surface area (Å²) in [5.74, 6) is 0.481. The van der Waals surface area contributed by atoms with Crippen LogP contribution in [0, 0.1) is 13.8 Å². The molecule has 0 fully saturated rings. The lowest BCUT2D eigenvalue weighted by atomic mass is 10.3. The van der Waals surface area contributed by atoms with Gasteiger partial charge in [-0.15, -0.1) is 5.10 Å². The van der Waals surface area contributed by atoms with E-state index >= 15 is 0 Å². The van der Waals surface area contributed by atoms with Gasteiger partial charge in [-0.3, -0.25) is 0 Å². The molecule has 0 aliphatic carbocycles. The molecule has 0 radical (unpaired) electrons. The van der Waals surface area contributed by atoms with Gasteiger partial charge in [0.2, 0.25) is 5.89 Å². The van der Waals surface area contributed by atoms with Crippen LogP contribution >= 0.6 is 0 Å². The average Bonchev–Trinajstić information content (AvgIpc) is 2.88. The minimum atomic E-state index is -0.481. The molecular formula is C10H13N5O3. The molecule has 96 valence electrons. The van der Waals surface area contributed by atoms with Crippen molar-refractivity contribution in [3.63, 3.8) is 0 Å². The van der Waals surface area contributed by atoms with Crippen LogP contribution in [0.15, 0.2) is 4.52 Å². The lowest BCUT2D eigenvalue weighted by molar-refractivity contribution is 0.0518. The Bertz CT molecular complexity index is 560. The summed E-state index contributed by atoms with van der Waals surface area (Å²) in [5, 5.41) is 11.4. The largest absolute Gasteiger partial charge is 0.461 e. The summed E-state index contributed by atoms with van der Waals surface area (Å²) >= 11 is 0. The van der Waals surface area contributed by atoms with E-state index in [0.717, 1.165) is 0 Å². The topological polar surface area (TPSA) is 95.9 Å². The van der Waals surface area contributed by atoms with E-state index < -0.39 is 5.97 Å². The summed E-state index contributed by atoms with van der Waals surface area (Å²) in [7, 11) is 0. The number of carbonyl (C=O) groups excluding carboxylic acids is 1. The predicted octanol–water partition coefficient (Wildman–Crippen LogP) is 0.503. The van der Waals surface area contributed by atoms with Crippen molar-refractivity contribution in [3.05, 3.63) is 23.1 Å². The molecule has 0 unspecified atom stereocenters. The second kappa shape index (κ2) is 4.94. The first-order valence-electron chi connectivity index (χ1n) is 5.48. The molecule has 0 amide bonds. The first-order valence-corrected chi connectivity index (χ1v) is 5.48. The first kappa shape index (κ1) is 12.2. The van der Waals surface area contributed by atoms with Crippen LogP contribution in [0.5, 0.6) is 0 Å². The van der Waals surface area contributed by atoms with Crippen molar-refractivity contribution in [1.82, 2.24) is 25.1 Å². The van der Waals surface area contributed by atoms with Gasteiger partial charge < -0.3 is 9.26 Å². The summed E-state index contributed by atoms with van der Waals surface area (Å²) in [5.41, 5.74) is 0.813. The Kier molecular flexibility index (Phi) is 3.35. The Morgan fingerprint density at radius 2 is 2.22 bits per heavy atom. The normalized spacial score (nSPS) is 10.6. The molecule has 0 saturated carbocycles. The molecule has 0 saturated heterocycles. The molecule has 8 nitrogen and oxygen atoms in total. The van der Waals surface area contributed by atoms with Crippen molar-refractivity contribution in [2.75, 3.05) is 6.61 Å². The SMILES string of the molecule is CCOC(=O)c1nnn(Cc2noc(C)n2)c1C. The minimum absolute atomic E-state index is 0.206. The maximum Gasteiger partial charge on any atom is 0.360 e. The van der Waals surface area contributed by atoms with Crippen LogP contribution in [0.1, 0.15) is 34.8 Å². The van der Waals surface area contributed by atoms with Gasteiger partial charge in [0.25, 0.3) is 0 Å². The van der Waals surface area contributed by atoms with Gasteiger partial charge in [-0.2, -0.15) is 4.98 Å². The molecule has 0 aromatic carbocycles. The summed E-state index contributed by atoms with van der Waals surface area (Å²) in [4.78, 5) is 15.6. The predicted molar refractivity (Wildman–Crippen MR) is 58.9 cm³/mol. The molecule has 8 heteroatoms. The summed E-state index contributed by atoms with van der Waals surface area (Å²) in [6.45, 7) is 5.78. The van der Waals surface area contributed by atoms with Gasteiger partial charge in [0, 0.05) is 6.92 Å². The molecule has 0 N–H and O–H groups in total.